The van der Waals surface area contributed by atoms with Crippen molar-refractivity contribution in [3.8, 4) is 0 Å². The van der Waals surface area contributed by atoms with Crippen LogP contribution in [-0.4, -0.2) is 74.0 Å². The van der Waals surface area contributed by atoms with E-state index in [0.29, 0.717) is 19.3 Å². The highest BCUT2D eigenvalue weighted by Gasteiger charge is 2.23. The van der Waals surface area contributed by atoms with Crippen LogP contribution >= 0.6 is 0 Å². The van der Waals surface area contributed by atoms with E-state index in [-0.39, 0.29) is 5.54 Å². The van der Waals surface area contributed by atoms with Crippen molar-refractivity contribution in [1.82, 2.24) is 9.80 Å². The second-order valence-electron chi connectivity index (χ2n) is 6.71. The summed E-state index contributed by atoms with van der Waals surface area (Å²) in [7, 11) is 0. The highest BCUT2D eigenvalue weighted by molar-refractivity contribution is 4.78. The summed E-state index contributed by atoms with van der Waals surface area (Å²) >= 11 is 0. The summed E-state index contributed by atoms with van der Waals surface area (Å²) in [5.41, 5.74) is 0.192. The molecule has 0 aliphatic rings. The van der Waals surface area contributed by atoms with Crippen LogP contribution in [0.5, 0.6) is 0 Å². The quantitative estimate of drug-likeness (QED) is 0.518. The lowest BCUT2D eigenvalue weighted by Gasteiger charge is -2.38. The Hall–Kier alpha value is -0.160. The highest BCUT2D eigenvalue weighted by atomic mass is 16.5. The van der Waals surface area contributed by atoms with Crippen molar-refractivity contribution in [3.05, 3.63) is 0 Å². The van der Waals surface area contributed by atoms with Crippen molar-refractivity contribution in [2.45, 2.75) is 60.0 Å². The van der Waals surface area contributed by atoms with Crippen molar-refractivity contribution < 1.29 is 9.47 Å². The molecule has 0 saturated heterocycles. The predicted molar refractivity (Wildman–Crippen MR) is 91.0 cm³/mol. The van der Waals surface area contributed by atoms with Gasteiger partial charge in [0.25, 0.3) is 0 Å². The van der Waals surface area contributed by atoms with Crippen LogP contribution in [-0.2, 0) is 9.47 Å². The van der Waals surface area contributed by atoms with E-state index in [1.807, 2.05) is 0 Å². The topological polar surface area (TPSA) is 24.9 Å². The van der Waals surface area contributed by atoms with Gasteiger partial charge in [0.05, 0.1) is 26.4 Å². The van der Waals surface area contributed by atoms with Gasteiger partial charge >= 0.3 is 0 Å². The summed E-state index contributed by atoms with van der Waals surface area (Å²) < 4.78 is 11.3. The Morgan fingerprint density at radius 1 is 0.810 bits per heavy atom. The van der Waals surface area contributed by atoms with Crippen LogP contribution in [0, 0.1) is 0 Å². The lowest BCUT2D eigenvalue weighted by atomic mass is 10.0. The van der Waals surface area contributed by atoms with Crippen molar-refractivity contribution in [1.29, 1.82) is 0 Å². The first-order valence-corrected chi connectivity index (χ1v) is 8.47. The van der Waals surface area contributed by atoms with Crippen LogP contribution in [0.2, 0.25) is 0 Å². The van der Waals surface area contributed by atoms with E-state index in [1.165, 1.54) is 0 Å². The van der Waals surface area contributed by atoms with Crippen molar-refractivity contribution in [2.24, 2.45) is 0 Å². The fourth-order valence-corrected chi connectivity index (χ4v) is 2.59. The summed E-state index contributed by atoms with van der Waals surface area (Å²) in [6, 6.07) is 0.541. The number of likely N-dealkylation sites (N-methyl/N-ethyl adjacent to an activating group) is 1. The number of hydrogen-bond donors (Lipinski definition) is 0. The summed E-state index contributed by atoms with van der Waals surface area (Å²) in [5.74, 6) is 0. The molecule has 0 fully saturated rings. The van der Waals surface area contributed by atoms with Crippen LogP contribution in [0.4, 0.5) is 0 Å². The molecule has 0 aliphatic carbocycles. The van der Waals surface area contributed by atoms with E-state index in [4.69, 9.17) is 9.47 Å². The van der Waals surface area contributed by atoms with Gasteiger partial charge in [-0.25, -0.2) is 0 Å². The van der Waals surface area contributed by atoms with Crippen LogP contribution in [0.15, 0.2) is 0 Å². The summed E-state index contributed by atoms with van der Waals surface area (Å²) in [5, 5.41) is 0. The average Bonchev–Trinajstić information content (AvgIpc) is 2.39. The summed E-state index contributed by atoms with van der Waals surface area (Å²) in [4.78, 5) is 4.83. The molecule has 0 unspecified atom stereocenters. The minimum absolute atomic E-state index is 0.192. The van der Waals surface area contributed by atoms with Crippen LogP contribution in [0.1, 0.15) is 48.5 Å². The van der Waals surface area contributed by atoms with Gasteiger partial charge in [-0.15, -0.1) is 0 Å². The molecular formula is C17H38N2O2. The normalized spacial score (nSPS) is 12.9. The van der Waals surface area contributed by atoms with Crippen molar-refractivity contribution >= 4 is 0 Å². The first kappa shape index (κ1) is 20.8. The van der Waals surface area contributed by atoms with E-state index in [1.54, 1.807) is 0 Å². The summed E-state index contributed by atoms with van der Waals surface area (Å²) in [6.45, 7) is 22.7. The van der Waals surface area contributed by atoms with Crippen LogP contribution in [0.25, 0.3) is 0 Å². The molecule has 0 aromatic carbocycles. The molecule has 0 aromatic heterocycles. The molecule has 4 heteroatoms. The fraction of sp³-hybridized carbons (Fsp3) is 1.00. The predicted octanol–water partition coefficient (Wildman–Crippen LogP) is 2.87. The molecule has 0 N–H and O–H groups in total. The molecule has 0 heterocycles. The SMILES string of the molecule is CCN(CC)CCOCCOCCN(C(C)C)C(C)(C)C. The van der Waals surface area contributed by atoms with E-state index in [2.05, 4.69) is 58.3 Å². The van der Waals surface area contributed by atoms with Gasteiger partial charge in [-0.1, -0.05) is 13.8 Å². The molecule has 0 atom stereocenters. The molecule has 0 radical (unpaired) electrons. The maximum Gasteiger partial charge on any atom is 0.0701 e. The lowest BCUT2D eigenvalue weighted by molar-refractivity contribution is 0.0132. The van der Waals surface area contributed by atoms with E-state index >= 15 is 0 Å². The molecule has 128 valence electrons. The largest absolute Gasteiger partial charge is 0.378 e. The van der Waals surface area contributed by atoms with E-state index in [0.717, 1.165) is 39.4 Å². The Morgan fingerprint density at radius 2 is 1.29 bits per heavy atom. The van der Waals surface area contributed by atoms with Gasteiger partial charge in [-0.05, 0) is 47.7 Å². The number of ether oxygens (including phenoxy) is 2. The first-order valence-electron chi connectivity index (χ1n) is 8.47. The molecular weight excluding hydrogens is 264 g/mol. The monoisotopic (exact) mass is 302 g/mol. The minimum atomic E-state index is 0.192. The van der Waals surface area contributed by atoms with Crippen molar-refractivity contribution in [3.63, 3.8) is 0 Å². The van der Waals surface area contributed by atoms with Gasteiger partial charge < -0.3 is 14.4 Å². The smallest absolute Gasteiger partial charge is 0.0701 e. The van der Waals surface area contributed by atoms with Gasteiger partial charge in [0.15, 0.2) is 0 Å². The number of hydrogen-bond acceptors (Lipinski definition) is 4. The van der Waals surface area contributed by atoms with Crippen molar-refractivity contribution in [2.75, 3.05) is 52.6 Å². The Labute approximate surface area is 132 Å². The second-order valence-corrected chi connectivity index (χ2v) is 6.71. The molecule has 0 saturated carbocycles. The molecule has 0 aromatic rings. The van der Waals surface area contributed by atoms with Gasteiger partial charge in [0, 0.05) is 24.7 Å². The summed E-state index contributed by atoms with van der Waals surface area (Å²) in [6.07, 6.45) is 0. The molecule has 21 heavy (non-hydrogen) atoms. The Morgan fingerprint density at radius 3 is 1.67 bits per heavy atom. The highest BCUT2D eigenvalue weighted by Crippen LogP contribution is 2.16. The molecule has 0 amide bonds. The third kappa shape index (κ3) is 10.2. The zero-order chi connectivity index (χ0) is 16.3. The third-order valence-corrected chi connectivity index (χ3v) is 3.78. The maximum atomic E-state index is 5.69. The standard InChI is InChI=1S/C17H38N2O2/c1-8-18(9-2)10-12-20-14-15-21-13-11-19(16(3)4)17(5,6)7/h16H,8-15H2,1-7H3. The molecule has 0 bridgehead atoms. The number of nitrogens with zero attached hydrogens (tertiary/aromatic N) is 2. The van der Waals surface area contributed by atoms with E-state index in [9.17, 15) is 0 Å². The fourth-order valence-electron chi connectivity index (χ4n) is 2.59. The van der Waals surface area contributed by atoms with Gasteiger partial charge in [-0.2, -0.15) is 0 Å². The van der Waals surface area contributed by atoms with Gasteiger partial charge in [0.1, 0.15) is 0 Å². The molecule has 0 aliphatic heterocycles. The lowest BCUT2D eigenvalue weighted by Crippen LogP contribution is -2.47. The zero-order valence-electron chi connectivity index (χ0n) is 15.4. The third-order valence-electron chi connectivity index (χ3n) is 3.78. The van der Waals surface area contributed by atoms with Gasteiger partial charge in [-0.3, -0.25) is 4.90 Å². The number of rotatable bonds is 12. The minimum Gasteiger partial charge on any atom is -0.378 e. The Balaban J connectivity index is 3.59. The van der Waals surface area contributed by atoms with Crippen LogP contribution < -0.4 is 0 Å². The second kappa shape index (κ2) is 11.4. The molecule has 0 rings (SSSR count). The zero-order valence-corrected chi connectivity index (χ0v) is 15.4. The molecule has 0 spiro atoms. The van der Waals surface area contributed by atoms with E-state index < -0.39 is 0 Å². The first-order chi connectivity index (χ1) is 9.82. The van der Waals surface area contributed by atoms with Gasteiger partial charge in [0.2, 0.25) is 0 Å². The Kier molecular flexibility index (Phi) is 11.3. The van der Waals surface area contributed by atoms with Crippen LogP contribution in [0.3, 0.4) is 0 Å². The molecule has 4 nitrogen and oxygen atoms in total. The maximum absolute atomic E-state index is 5.69. The Bertz CT molecular complexity index is 235. The average molecular weight is 303 g/mol.